The molecule has 2 fully saturated rings. The van der Waals surface area contributed by atoms with E-state index in [1.807, 2.05) is 0 Å². The number of morpholine rings is 1. The summed E-state index contributed by atoms with van der Waals surface area (Å²) >= 11 is 0. The molecule has 2 saturated heterocycles. The predicted molar refractivity (Wildman–Crippen MR) is 85.6 cm³/mol. The van der Waals surface area contributed by atoms with E-state index in [4.69, 9.17) is 9.47 Å². The summed E-state index contributed by atoms with van der Waals surface area (Å²) in [6.45, 7) is 2.22. The lowest BCUT2D eigenvalue weighted by molar-refractivity contribution is -0.119. The molecular formula is C16H18F3N3O4. The van der Waals surface area contributed by atoms with Crippen molar-refractivity contribution in [3.63, 3.8) is 0 Å². The zero-order chi connectivity index (χ0) is 18.8. The first-order valence-corrected chi connectivity index (χ1v) is 8.11. The minimum atomic E-state index is -1.36. The van der Waals surface area contributed by atoms with Crippen molar-refractivity contribution in [2.45, 2.75) is 13.0 Å². The average Bonchev–Trinajstić information content (AvgIpc) is 2.98. The molecule has 0 unspecified atom stereocenters. The Morgan fingerprint density at radius 3 is 2.62 bits per heavy atom. The second-order valence-electron chi connectivity index (χ2n) is 6.01. The van der Waals surface area contributed by atoms with Gasteiger partial charge in [0.05, 0.1) is 32.0 Å². The Bertz CT molecular complexity index is 725. The first kappa shape index (κ1) is 18.3. The fourth-order valence-corrected chi connectivity index (χ4v) is 2.93. The molecule has 2 aliphatic heterocycles. The smallest absolute Gasteiger partial charge is 0.414 e. The van der Waals surface area contributed by atoms with Crippen molar-refractivity contribution in [3.8, 4) is 0 Å². The Morgan fingerprint density at radius 1 is 1.27 bits per heavy atom. The molecule has 0 bridgehead atoms. The van der Waals surface area contributed by atoms with Crippen LogP contribution in [0.25, 0.3) is 0 Å². The third-order valence-electron chi connectivity index (χ3n) is 4.19. The van der Waals surface area contributed by atoms with Crippen LogP contribution in [0.1, 0.15) is 6.92 Å². The number of benzene rings is 1. The van der Waals surface area contributed by atoms with E-state index in [1.54, 1.807) is 0 Å². The van der Waals surface area contributed by atoms with E-state index in [9.17, 15) is 22.8 Å². The van der Waals surface area contributed by atoms with Crippen LogP contribution in [-0.4, -0.2) is 57.5 Å². The molecule has 3 rings (SSSR count). The van der Waals surface area contributed by atoms with Gasteiger partial charge in [-0.3, -0.25) is 9.69 Å². The molecule has 1 aromatic carbocycles. The van der Waals surface area contributed by atoms with E-state index in [1.165, 1.54) is 11.8 Å². The zero-order valence-corrected chi connectivity index (χ0v) is 14.1. The molecule has 0 aromatic heterocycles. The Kier molecular flexibility index (Phi) is 5.21. The van der Waals surface area contributed by atoms with E-state index in [-0.39, 0.29) is 45.3 Å². The second-order valence-corrected chi connectivity index (χ2v) is 6.01. The molecule has 0 aliphatic carbocycles. The van der Waals surface area contributed by atoms with Crippen molar-refractivity contribution in [2.24, 2.45) is 0 Å². The van der Waals surface area contributed by atoms with Crippen molar-refractivity contribution < 1.29 is 32.2 Å². The number of nitrogens with zero attached hydrogens (tertiary/aromatic N) is 2. The van der Waals surface area contributed by atoms with Crippen LogP contribution in [0.4, 0.5) is 29.3 Å². The van der Waals surface area contributed by atoms with Gasteiger partial charge in [0.15, 0.2) is 17.5 Å². The molecule has 0 spiro atoms. The maximum absolute atomic E-state index is 14.5. The van der Waals surface area contributed by atoms with Crippen molar-refractivity contribution in [1.82, 2.24) is 5.32 Å². The number of amides is 2. The lowest BCUT2D eigenvalue weighted by Gasteiger charge is -2.30. The van der Waals surface area contributed by atoms with Gasteiger partial charge in [-0.25, -0.2) is 18.0 Å². The molecule has 1 aromatic rings. The largest absolute Gasteiger partial charge is 0.442 e. The summed E-state index contributed by atoms with van der Waals surface area (Å²) in [7, 11) is 0. The molecule has 2 heterocycles. The van der Waals surface area contributed by atoms with Gasteiger partial charge in [-0.15, -0.1) is 0 Å². The van der Waals surface area contributed by atoms with Crippen LogP contribution >= 0.6 is 0 Å². The van der Waals surface area contributed by atoms with Crippen LogP contribution in [0.2, 0.25) is 0 Å². The number of carbonyl (C=O) groups excluding carboxylic acids is 2. The Morgan fingerprint density at radius 2 is 1.96 bits per heavy atom. The van der Waals surface area contributed by atoms with E-state index >= 15 is 0 Å². The molecule has 1 atom stereocenters. The lowest BCUT2D eigenvalue weighted by atomic mass is 10.2. The summed E-state index contributed by atoms with van der Waals surface area (Å²) in [5.41, 5.74) is -1.01. The second kappa shape index (κ2) is 7.40. The van der Waals surface area contributed by atoms with Crippen LogP contribution in [0.15, 0.2) is 6.07 Å². The summed E-state index contributed by atoms with van der Waals surface area (Å²) in [6, 6.07) is 0.783. The van der Waals surface area contributed by atoms with Gasteiger partial charge in [0, 0.05) is 26.1 Å². The maximum atomic E-state index is 14.5. The third-order valence-corrected chi connectivity index (χ3v) is 4.19. The molecule has 10 heteroatoms. The molecule has 0 saturated carbocycles. The molecule has 0 radical (unpaired) electrons. The van der Waals surface area contributed by atoms with Crippen LogP contribution in [0.5, 0.6) is 0 Å². The van der Waals surface area contributed by atoms with Gasteiger partial charge in [-0.05, 0) is 0 Å². The number of rotatable bonds is 4. The van der Waals surface area contributed by atoms with Gasteiger partial charge >= 0.3 is 6.09 Å². The number of halogens is 3. The fourth-order valence-electron chi connectivity index (χ4n) is 2.93. The van der Waals surface area contributed by atoms with Crippen molar-refractivity contribution in [1.29, 1.82) is 0 Å². The van der Waals surface area contributed by atoms with Crippen molar-refractivity contribution in [3.05, 3.63) is 23.5 Å². The quantitative estimate of drug-likeness (QED) is 0.808. The molecule has 2 amide bonds. The molecular weight excluding hydrogens is 355 g/mol. The first-order chi connectivity index (χ1) is 12.4. The average molecular weight is 373 g/mol. The van der Waals surface area contributed by atoms with Crippen molar-refractivity contribution >= 4 is 23.4 Å². The summed E-state index contributed by atoms with van der Waals surface area (Å²) in [5, 5.41) is 2.47. The molecule has 142 valence electrons. The van der Waals surface area contributed by atoms with Gasteiger partial charge < -0.3 is 19.7 Å². The zero-order valence-electron chi connectivity index (χ0n) is 14.1. The molecule has 1 N–H and O–H groups in total. The SMILES string of the molecule is CC(=O)NC[C@H]1CN(c2cc(F)c(N3CCOCC3)c(F)c2F)C(=O)O1. The monoisotopic (exact) mass is 373 g/mol. The fraction of sp³-hybridized carbons (Fsp3) is 0.500. The normalized spacial score (nSPS) is 20.3. The van der Waals surface area contributed by atoms with E-state index in [2.05, 4.69) is 5.32 Å². The van der Waals surface area contributed by atoms with Crippen LogP contribution in [-0.2, 0) is 14.3 Å². The molecule has 26 heavy (non-hydrogen) atoms. The lowest BCUT2D eigenvalue weighted by Crippen LogP contribution is -2.38. The summed E-state index contributed by atoms with van der Waals surface area (Å²) in [5.74, 6) is -3.98. The summed E-state index contributed by atoms with van der Waals surface area (Å²) in [4.78, 5) is 25.1. The van der Waals surface area contributed by atoms with Crippen LogP contribution < -0.4 is 15.1 Å². The standard InChI is InChI=1S/C16H18F3N3O4/c1-9(23)20-7-10-8-22(16(24)26-10)12-6-11(17)15(14(19)13(12)18)21-2-4-25-5-3-21/h6,10H,2-5,7-8H2,1H3,(H,20,23)/t10-/m0/s1. The summed E-state index contributed by atoms with van der Waals surface area (Å²) in [6.07, 6.45) is -1.67. The number of anilines is 2. The minimum Gasteiger partial charge on any atom is -0.442 e. The molecule has 2 aliphatic rings. The minimum absolute atomic E-state index is 0.0238. The highest BCUT2D eigenvalue weighted by Crippen LogP contribution is 2.34. The van der Waals surface area contributed by atoms with Crippen LogP contribution in [0, 0.1) is 17.5 Å². The topological polar surface area (TPSA) is 71.1 Å². The highest BCUT2D eigenvalue weighted by Gasteiger charge is 2.36. The number of ether oxygens (including phenoxy) is 2. The highest BCUT2D eigenvalue weighted by atomic mass is 19.2. The maximum Gasteiger partial charge on any atom is 0.414 e. The van der Waals surface area contributed by atoms with Gasteiger partial charge in [0.1, 0.15) is 11.8 Å². The number of cyclic esters (lactones) is 1. The third kappa shape index (κ3) is 3.55. The predicted octanol–water partition coefficient (Wildman–Crippen LogP) is 1.40. The van der Waals surface area contributed by atoms with E-state index in [0.717, 1.165) is 11.0 Å². The van der Waals surface area contributed by atoms with Crippen molar-refractivity contribution in [2.75, 3.05) is 49.2 Å². The number of hydrogen-bond donors (Lipinski definition) is 1. The Labute approximate surface area is 147 Å². The Balaban J connectivity index is 1.84. The van der Waals surface area contributed by atoms with Gasteiger partial charge in [0.2, 0.25) is 5.91 Å². The molecule has 7 nitrogen and oxygen atoms in total. The van der Waals surface area contributed by atoms with E-state index < -0.39 is 41.0 Å². The van der Waals surface area contributed by atoms with Gasteiger partial charge in [-0.1, -0.05) is 0 Å². The van der Waals surface area contributed by atoms with E-state index in [0.29, 0.717) is 0 Å². The first-order valence-electron chi connectivity index (χ1n) is 8.11. The summed E-state index contributed by atoms with van der Waals surface area (Å²) < 4.78 is 53.6. The number of nitrogens with one attached hydrogen (secondary N) is 1. The van der Waals surface area contributed by atoms with Gasteiger partial charge in [0.25, 0.3) is 0 Å². The highest BCUT2D eigenvalue weighted by molar-refractivity contribution is 5.90. The van der Waals surface area contributed by atoms with Crippen LogP contribution in [0.3, 0.4) is 0 Å². The number of hydrogen-bond acceptors (Lipinski definition) is 5. The Hall–Kier alpha value is -2.49. The number of carbonyl (C=O) groups is 2. The van der Waals surface area contributed by atoms with Gasteiger partial charge in [-0.2, -0.15) is 0 Å².